The third-order valence-electron chi connectivity index (χ3n) is 5.33. The van der Waals surface area contributed by atoms with Crippen molar-refractivity contribution in [3.05, 3.63) is 58.7 Å². The Bertz CT molecular complexity index is 1080. The molecule has 0 aliphatic carbocycles. The van der Waals surface area contributed by atoms with Crippen LogP contribution in [0.15, 0.2) is 47.8 Å². The Morgan fingerprint density at radius 3 is 2.65 bits per heavy atom. The first-order valence-electron chi connectivity index (χ1n) is 10.0. The molecule has 1 aromatic heterocycles. The van der Waals surface area contributed by atoms with E-state index >= 15 is 0 Å². The molecule has 0 unspecified atom stereocenters. The van der Waals surface area contributed by atoms with Gasteiger partial charge in [-0.2, -0.15) is 0 Å². The maximum absolute atomic E-state index is 13.1. The summed E-state index contributed by atoms with van der Waals surface area (Å²) in [5, 5.41) is 5.94. The molecule has 1 saturated heterocycles. The van der Waals surface area contributed by atoms with Crippen LogP contribution in [0.4, 0.5) is 14.9 Å². The van der Waals surface area contributed by atoms with Crippen LogP contribution in [0.2, 0.25) is 0 Å². The van der Waals surface area contributed by atoms with Crippen LogP contribution in [0.3, 0.4) is 0 Å². The molecule has 5 rings (SSSR count). The fourth-order valence-electron chi connectivity index (χ4n) is 3.61. The number of ether oxygens (including phenoxy) is 2. The van der Waals surface area contributed by atoms with Gasteiger partial charge in [-0.3, -0.25) is 4.90 Å². The largest absolute Gasteiger partial charge is 0.454 e. The van der Waals surface area contributed by atoms with Crippen molar-refractivity contribution in [2.75, 3.05) is 38.3 Å². The first kappa shape index (κ1) is 19.8. The van der Waals surface area contributed by atoms with Crippen LogP contribution < -0.4 is 14.8 Å². The molecule has 2 aliphatic heterocycles. The number of anilines is 1. The number of carbonyl (C=O) groups excluding carboxylic acids is 1. The zero-order valence-electron chi connectivity index (χ0n) is 16.7. The van der Waals surface area contributed by atoms with Gasteiger partial charge in [-0.05, 0) is 36.4 Å². The van der Waals surface area contributed by atoms with Crippen molar-refractivity contribution in [1.82, 2.24) is 14.8 Å². The number of thiazole rings is 1. The molecule has 31 heavy (non-hydrogen) atoms. The number of halogens is 1. The Kier molecular flexibility index (Phi) is 5.44. The molecular weight excluding hydrogens is 419 g/mol. The Hall–Kier alpha value is -3.17. The minimum atomic E-state index is -0.250. The van der Waals surface area contributed by atoms with Crippen molar-refractivity contribution in [2.24, 2.45) is 0 Å². The molecule has 0 spiro atoms. The fraction of sp³-hybridized carbons (Fsp3) is 0.273. The van der Waals surface area contributed by atoms with E-state index in [9.17, 15) is 9.18 Å². The SMILES string of the molecule is O=C(Nc1ccc2c(c1)OCO2)N1CCN(Cc2nc(-c3ccc(F)cc3)cs2)CC1. The number of benzene rings is 2. The number of rotatable bonds is 4. The molecular formula is C22H21FN4O3S. The number of nitrogens with zero attached hydrogens (tertiary/aromatic N) is 3. The average Bonchev–Trinajstić information content (AvgIpc) is 3.44. The van der Waals surface area contributed by atoms with Crippen molar-refractivity contribution in [3.8, 4) is 22.8 Å². The quantitative estimate of drug-likeness (QED) is 0.664. The van der Waals surface area contributed by atoms with E-state index < -0.39 is 0 Å². The van der Waals surface area contributed by atoms with Crippen LogP contribution in [0.1, 0.15) is 5.01 Å². The summed E-state index contributed by atoms with van der Waals surface area (Å²) in [5.74, 6) is 1.09. The maximum atomic E-state index is 13.1. The summed E-state index contributed by atoms with van der Waals surface area (Å²) in [6, 6.07) is 11.6. The second-order valence-electron chi connectivity index (χ2n) is 7.39. The first-order valence-corrected chi connectivity index (χ1v) is 10.9. The third-order valence-corrected chi connectivity index (χ3v) is 6.17. The summed E-state index contributed by atoms with van der Waals surface area (Å²) in [7, 11) is 0. The monoisotopic (exact) mass is 440 g/mol. The van der Waals surface area contributed by atoms with E-state index in [1.54, 1.807) is 35.6 Å². The summed E-state index contributed by atoms with van der Waals surface area (Å²) in [6.45, 7) is 3.79. The number of hydrogen-bond acceptors (Lipinski definition) is 6. The molecule has 2 aliphatic rings. The van der Waals surface area contributed by atoms with Crippen LogP contribution in [0, 0.1) is 5.82 Å². The number of nitrogens with one attached hydrogen (secondary N) is 1. The van der Waals surface area contributed by atoms with Gasteiger partial charge in [0.1, 0.15) is 10.8 Å². The zero-order chi connectivity index (χ0) is 21.2. The van der Waals surface area contributed by atoms with E-state index in [1.807, 2.05) is 16.3 Å². The highest BCUT2D eigenvalue weighted by Gasteiger charge is 2.23. The molecule has 160 valence electrons. The number of piperazine rings is 1. The molecule has 2 aromatic carbocycles. The Morgan fingerprint density at radius 1 is 1.06 bits per heavy atom. The fourth-order valence-corrected chi connectivity index (χ4v) is 4.46. The van der Waals surface area contributed by atoms with Gasteiger partial charge in [0.05, 0.1) is 12.2 Å². The number of aromatic nitrogens is 1. The van der Waals surface area contributed by atoms with Gasteiger partial charge in [0.2, 0.25) is 6.79 Å². The van der Waals surface area contributed by atoms with Gasteiger partial charge in [0, 0.05) is 48.9 Å². The third kappa shape index (κ3) is 4.47. The highest BCUT2D eigenvalue weighted by molar-refractivity contribution is 7.09. The summed E-state index contributed by atoms with van der Waals surface area (Å²) in [4.78, 5) is 21.4. The molecule has 0 bridgehead atoms. The predicted molar refractivity (Wildman–Crippen MR) is 116 cm³/mol. The second-order valence-corrected chi connectivity index (χ2v) is 8.34. The van der Waals surface area contributed by atoms with E-state index in [4.69, 9.17) is 9.47 Å². The van der Waals surface area contributed by atoms with E-state index in [1.165, 1.54) is 12.1 Å². The van der Waals surface area contributed by atoms with Gasteiger partial charge in [-0.25, -0.2) is 14.2 Å². The maximum Gasteiger partial charge on any atom is 0.321 e. The highest BCUT2D eigenvalue weighted by Crippen LogP contribution is 2.34. The lowest BCUT2D eigenvalue weighted by atomic mass is 10.2. The van der Waals surface area contributed by atoms with Crippen LogP contribution >= 0.6 is 11.3 Å². The zero-order valence-corrected chi connectivity index (χ0v) is 17.5. The van der Waals surface area contributed by atoms with E-state index in [0.717, 1.165) is 35.9 Å². The van der Waals surface area contributed by atoms with Gasteiger partial charge < -0.3 is 19.7 Å². The van der Waals surface area contributed by atoms with Crippen LogP contribution in [-0.2, 0) is 6.54 Å². The van der Waals surface area contributed by atoms with Gasteiger partial charge in [0.25, 0.3) is 0 Å². The molecule has 0 radical (unpaired) electrons. The van der Waals surface area contributed by atoms with Crippen LogP contribution in [0.25, 0.3) is 11.3 Å². The molecule has 3 heterocycles. The van der Waals surface area contributed by atoms with E-state index in [0.29, 0.717) is 30.3 Å². The van der Waals surface area contributed by atoms with Crippen molar-refractivity contribution in [2.45, 2.75) is 6.54 Å². The first-order chi connectivity index (χ1) is 15.1. The standard InChI is InChI=1S/C22H21FN4O3S/c23-16-3-1-15(2-4-16)18-13-31-21(25-18)12-26-7-9-27(10-8-26)22(28)24-17-5-6-19-20(11-17)30-14-29-19/h1-6,11,13H,7-10,12,14H2,(H,24,28). The molecule has 0 saturated carbocycles. The van der Waals surface area contributed by atoms with Crippen LogP contribution in [0.5, 0.6) is 11.5 Å². The second kappa shape index (κ2) is 8.52. The normalized spacial score (nSPS) is 15.8. The van der Waals surface area contributed by atoms with Gasteiger partial charge in [-0.1, -0.05) is 0 Å². The number of urea groups is 1. The summed E-state index contributed by atoms with van der Waals surface area (Å²) in [6.07, 6.45) is 0. The van der Waals surface area contributed by atoms with Crippen molar-refractivity contribution >= 4 is 23.1 Å². The number of hydrogen-bond donors (Lipinski definition) is 1. The molecule has 2 amide bonds. The molecule has 9 heteroatoms. The van der Waals surface area contributed by atoms with Gasteiger partial charge in [0.15, 0.2) is 11.5 Å². The van der Waals surface area contributed by atoms with Crippen molar-refractivity contribution < 1.29 is 18.7 Å². The van der Waals surface area contributed by atoms with Gasteiger partial charge >= 0.3 is 6.03 Å². The Labute approximate surface area is 183 Å². The smallest absolute Gasteiger partial charge is 0.321 e. The molecule has 0 atom stereocenters. The Morgan fingerprint density at radius 2 is 1.84 bits per heavy atom. The predicted octanol–water partition coefficient (Wildman–Crippen LogP) is 4.03. The lowest BCUT2D eigenvalue weighted by Gasteiger charge is -2.34. The molecule has 1 N–H and O–H groups in total. The molecule has 7 nitrogen and oxygen atoms in total. The summed E-state index contributed by atoms with van der Waals surface area (Å²) >= 11 is 1.60. The van der Waals surface area contributed by atoms with E-state index in [-0.39, 0.29) is 18.6 Å². The lowest BCUT2D eigenvalue weighted by molar-refractivity contribution is 0.143. The van der Waals surface area contributed by atoms with Crippen molar-refractivity contribution in [1.29, 1.82) is 0 Å². The Balaban J connectivity index is 1.13. The van der Waals surface area contributed by atoms with Crippen molar-refractivity contribution in [3.63, 3.8) is 0 Å². The lowest BCUT2D eigenvalue weighted by Crippen LogP contribution is -2.49. The summed E-state index contributed by atoms with van der Waals surface area (Å²) < 4.78 is 23.8. The minimum absolute atomic E-state index is 0.119. The molecule has 1 fully saturated rings. The number of fused-ring (bicyclic) bond motifs is 1. The van der Waals surface area contributed by atoms with E-state index in [2.05, 4.69) is 15.2 Å². The molecule has 3 aromatic rings. The minimum Gasteiger partial charge on any atom is -0.454 e. The topological polar surface area (TPSA) is 66.9 Å². The van der Waals surface area contributed by atoms with Crippen LogP contribution in [-0.4, -0.2) is 53.8 Å². The number of carbonyl (C=O) groups is 1. The highest BCUT2D eigenvalue weighted by atomic mass is 32.1. The van der Waals surface area contributed by atoms with Gasteiger partial charge in [-0.15, -0.1) is 11.3 Å². The number of amides is 2. The average molecular weight is 441 g/mol. The summed E-state index contributed by atoms with van der Waals surface area (Å²) in [5.41, 5.74) is 2.46.